The van der Waals surface area contributed by atoms with E-state index in [4.69, 9.17) is 9.90 Å². The van der Waals surface area contributed by atoms with Crippen LogP contribution in [-0.2, 0) is 19.1 Å². The molecule has 5 nitrogen and oxygen atoms in total. The first-order valence-electron chi connectivity index (χ1n) is 3.62. The Morgan fingerprint density at radius 2 is 1.23 bits per heavy atom. The summed E-state index contributed by atoms with van der Waals surface area (Å²) in [6.45, 7) is 4.00. The minimum absolute atomic E-state index is 0.0412. The first-order valence-corrected chi connectivity index (χ1v) is 3.62. The number of ketones is 2. The summed E-state index contributed by atoms with van der Waals surface area (Å²) in [7, 11) is 0. The van der Waals surface area contributed by atoms with Gasteiger partial charge in [0.25, 0.3) is 5.97 Å². The zero-order chi connectivity index (χ0) is 10.9. The Bertz CT molecular complexity index is 167. The molecule has 0 heterocycles. The van der Waals surface area contributed by atoms with E-state index in [0.29, 0.717) is 0 Å². The third-order valence-corrected chi connectivity index (χ3v) is 0.611. The minimum atomic E-state index is -0.833. The fourth-order valence-electron chi connectivity index (χ4n) is 0.338. The van der Waals surface area contributed by atoms with Crippen molar-refractivity contribution in [3.63, 3.8) is 0 Å². The SMILES string of the molecule is CC(=O)COCC(C)=O.CC(=O)O. The van der Waals surface area contributed by atoms with Crippen molar-refractivity contribution >= 4 is 17.5 Å². The van der Waals surface area contributed by atoms with Crippen molar-refractivity contribution in [3.8, 4) is 0 Å². The number of Topliss-reactive ketones (excluding diaryl/α,β-unsaturated/α-hetero) is 2. The summed E-state index contributed by atoms with van der Waals surface area (Å²) < 4.78 is 4.66. The standard InChI is InChI=1S/C6H10O3.C2H4O2/c1-5(7)3-9-4-6(2)8;1-2(3)4/h3-4H2,1-2H3;1H3,(H,3,4). The van der Waals surface area contributed by atoms with Crippen LogP contribution in [0.3, 0.4) is 0 Å². The highest BCUT2D eigenvalue weighted by molar-refractivity contribution is 5.79. The molecule has 0 aliphatic carbocycles. The highest BCUT2D eigenvalue weighted by Gasteiger charge is 1.94. The maximum Gasteiger partial charge on any atom is 0.300 e. The molecule has 0 atom stereocenters. The van der Waals surface area contributed by atoms with Crippen LogP contribution in [0.15, 0.2) is 0 Å². The predicted molar refractivity (Wildman–Crippen MR) is 45.5 cm³/mol. The molecule has 0 rings (SSSR count). The number of carbonyl (C=O) groups is 3. The summed E-state index contributed by atoms with van der Waals surface area (Å²) in [5.41, 5.74) is 0. The third-order valence-electron chi connectivity index (χ3n) is 0.611. The Morgan fingerprint density at radius 1 is 1.00 bits per heavy atom. The predicted octanol–water partition coefficient (Wildman–Crippen LogP) is 0.272. The van der Waals surface area contributed by atoms with Crippen LogP contribution in [0.1, 0.15) is 20.8 Å². The molecular weight excluding hydrogens is 176 g/mol. The summed E-state index contributed by atoms with van der Waals surface area (Å²) in [6.07, 6.45) is 0. The van der Waals surface area contributed by atoms with Crippen molar-refractivity contribution in [2.45, 2.75) is 20.8 Å². The lowest BCUT2D eigenvalue weighted by atomic mass is 10.4. The van der Waals surface area contributed by atoms with Gasteiger partial charge in [-0.25, -0.2) is 0 Å². The molecule has 0 amide bonds. The molecule has 0 bridgehead atoms. The molecule has 13 heavy (non-hydrogen) atoms. The van der Waals surface area contributed by atoms with Gasteiger partial charge in [0.15, 0.2) is 11.6 Å². The lowest BCUT2D eigenvalue weighted by molar-refractivity contribution is -0.134. The molecule has 0 radical (unpaired) electrons. The molecule has 1 N–H and O–H groups in total. The highest BCUT2D eigenvalue weighted by Crippen LogP contribution is 1.76. The molecule has 0 unspecified atom stereocenters. The fraction of sp³-hybridized carbons (Fsp3) is 0.625. The quantitative estimate of drug-likeness (QED) is 0.688. The van der Waals surface area contributed by atoms with Gasteiger partial charge in [0.2, 0.25) is 0 Å². The van der Waals surface area contributed by atoms with Crippen LogP contribution in [0.5, 0.6) is 0 Å². The van der Waals surface area contributed by atoms with E-state index in [-0.39, 0.29) is 24.8 Å². The molecule has 0 saturated carbocycles. The average molecular weight is 190 g/mol. The first kappa shape index (κ1) is 14.3. The number of rotatable bonds is 4. The van der Waals surface area contributed by atoms with Crippen molar-refractivity contribution in [1.29, 1.82) is 0 Å². The molecule has 0 spiro atoms. The smallest absolute Gasteiger partial charge is 0.300 e. The van der Waals surface area contributed by atoms with E-state index in [0.717, 1.165) is 6.92 Å². The van der Waals surface area contributed by atoms with Crippen LogP contribution in [-0.4, -0.2) is 35.9 Å². The Hall–Kier alpha value is -1.23. The van der Waals surface area contributed by atoms with Crippen LogP contribution >= 0.6 is 0 Å². The largest absolute Gasteiger partial charge is 0.481 e. The van der Waals surface area contributed by atoms with Gasteiger partial charge in [-0.05, 0) is 13.8 Å². The van der Waals surface area contributed by atoms with E-state index in [1.807, 2.05) is 0 Å². The summed E-state index contributed by atoms with van der Waals surface area (Å²) >= 11 is 0. The summed E-state index contributed by atoms with van der Waals surface area (Å²) in [6, 6.07) is 0. The number of aliphatic carboxylic acids is 1. The highest BCUT2D eigenvalue weighted by atomic mass is 16.5. The number of carboxylic acids is 1. The van der Waals surface area contributed by atoms with E-state index in [1.165, 1.54) is 13.8 Å². The molecule has 76 valence electrons. The van der Waals surface area contributed by atoms with Gasteiger partial charge >= 0.3 is 0 Å². The van der Waals surface area contributed by atoms with Gasteiger partial charge in [0, 0.05) is 6.92 Å². The number of hydrogen-bond acceptors (Lipinski definition) is 4. The van der Waals surface area contributed by atoms with E-state index >= 15 is 0 Å². The second-order valence-electron chi connectivity index (χ2n) is 2.42. The minimum Gasteiger partial charge on any atom is -0.481 e. The van der Waals surface area contributed by atoms with Gasteiger partial charge in [0.05, 0.1) is 0 Å². The van der Waals surface area contributed by atoms with Crippen molar-refractivity contribution < 1.29 is 24.2 Å². The molecule has 0 aromatic rings. The third kappa shape index (κ3) is 36.4. The maximum atomic E-state index is 10.2. The average Bonchev–Trinajstić information content (AvgIpc) is 1.83. The van der Waals surface area contributed by atoms with Crippen molar-refractivity contribution in [2.24, 2.45) is 0 Å². The lowest BCUT2D eigenvalue weighted by Gasteiger charge is -1.94. The van der Waals surface area contributed by atoms with Crippen molar-refractivity contribution in [3.05, 3.63) is 0 Å². The molecule has 5 heteroatoms. The number of ether oxygens (including phenoxy) is 1. The van der Waals surface area contributed by atoms with Crippen LogP contribution in [0, 0.1) is 0 Å². The van der Waals surface area contributed by atoms with E-state index in [9.17, 15) is 9.59 Å². The molecule has 0 aliphatic rings. The number of carboxylic acid groups (broad SMARTS) is 1. The fourth-order valence-corrected chi connectivity index (χ4v) is 0.338. The molecular formula is C8H14O5. The van der Waals surface area contributed by atoms with Gasteiger partial charge in [-0.15, -0.1) is 0 Å². The zero-order valence-electron chi connectivity index (χ0n) is 7.99. The Kier molecular flexibility index (Phi) is 9.75. The zero-order valence-corrected chi connectivity index (χ0v) is 7.99. The second kappa shape index (κ2) is 8.86. The van der Waals surface area contributed by atoms with Gasteiger partial charge in [-0.2, -0.15) is 0 Å². The summed E-state index contributed by atoms with van der Waals surface area (Å²) in [4.78, 5) is 29.4. The van der Waals surface area contributed by atoms with Crippen LogP contribution in [0.2, 0.25) is 0 Å². The van der Waals surface area contributed by atoms with Crippen LogP contribution in [0.25, 0.3) is 0 Å². The van der Waals surface area contributed by atoms with Gasteiger partial charge < -0.3 is 9.84 Å². The molecule has 0 fully saturated rings. The summed E-state index contributed by atoms with van der Waals surface area (Å²) in [5.74, 6) is -0.951. The lowest BCUT2D eigenvalue weighted by Crippen LogP contribution is -2.09. The maximum absolute atomic E-state index is 10.2. The van der Waals surface area contributed by atoms with Crippen LogP contribution < -0.4 is 0 Å². The molecule has 0 aliphatic heterocycles. The molecule has 0 saturated heterocycles. The van der Waals surface area contributed by atoms with E-state index in [1.54, 1.807) is 0 Å². The Balaban J connectivity index is 0. The van der Waals surface area contributed by atoms with Gasteiger partial charge in [0.1, 0.15) is 13.2 Å². The van der Waals surface area contributed by atoms with Gasteiger partial charge in [-0.3, -0.25) is 14.4 Å². The second-order valence-corrected chi connectivity index (χ2v) is 2.42. The topological polar surface area (TPSA) is 80.7 Å². The summed E-state index contributed by atoms with van der Waals surface area (Å²) in [5, 5.41) is 7.42. The van der Waals surface area contributed by atoms with E-state index < -0.39 is 5.97 Å². The Labute approximate surface area is 76.7 Å². The molecule has 0 aromatic carbocycles. The Morgan fingerprint density at radius 3 is 1.38 bits per heavy atom. The number of carbonyl (C=O) groups excluding carboxylic acids is 2. The number of hydrogen-bond donors (Lipinski definition) is 1. The normalized spacial score (nSPS) is 8.23. The van der Waals surface area contributed by atoms with E-state index in [2.05, 4.69) is 4.74 Å². The first-order chi connectivity index (χ1) is 5.86. The molecule has 0 aromatic heterocycles. The monoisotopic (exact) mass is 190 g/mol. The van der Waals surface area contributed by atoms with Crippen LogP contribution in [0.4, 0.5) is 0 Å². The van der Waals surface area contributed by atoms with Crippen molar-refractivity contribution in [1.82, 2.24) is 0 Å². The van der Waals surface area contributed by atoms with Crippen molar-refractivity contribution in [2.75, 3.05) is 13.2 Å². The van der Waals surface area contributed by atoms with Gasteiger partial charge in [-0.1, -0.05) is 0 Å².